The van der Waals surface area contributed by atoms with Crippen LogP contribution in [0.25, 0.3) is 0 Å². The Balaban J connectivity index is 2.64. The second-order valence-corrected chi connectivity index (χ2v) is 4.98. The lowest BCUT2D eigenvalue weighted by atomic mass is 9.65. The molecule has 2 nitrogen and oxygen atoms in total. The van der Waals surface area contributed by atoms with Gasteiger partial charge in [-0.2, -0.15) is 0 Å². The van der Waals surface area contributed by atoms with E-state index in [0.717, 1.165) is 23.3 Å². The lowest BCUT2D eigenvalue weighted by Gasteiger charge is -2.37. The number of Topliss-reactive ketones (excluding diaryl/α,β-unsaturated/α-hetero) is 1. The van der Waals surface area contributed by atoms with E-state index in [1.165, 1.54) is 0 Å². The van der Waals surface area contributed by atoms with Gasteiger partial charge in [0, 0.05) is 6.42 Å². The average molecular weight is 256 g/mol. The van der Waals surface area contributed by atoms with Gasteiger partial charge in [-0.05, 0) is 36.5 Å². The van der Waals surface area contributed by atoms with Crippen LogP contribution >= 0.6 is 0 Å². The van der Waals surface area contributed by atoms with Crippen molar-refractivity contribution in [3.8, 4) is 5.75 Å². The van der Waals surface area contributed by atoms with Gasteiger partial charge in [-0.25, -0.2) is 0 Å². The maximum absolute atomic E-state index is 12.5. The normalized spacial score (nSPS) is 16.6. The molecular formula is C17H20O2. The molecule has 1 aromatic rings. The number of methoxy groups -OCH3 is 1. The number of ketones is 1. The van der Waals surface area contributed by atoms with Gasteiger partial charge >= 0.3 is 0 Å². The number of hydrogen-bond donors (Lipinski definition) is 0. The Bertz CT molecular complexity index is 504. The fourth-order valence-electron chi connectivity index (χ4n) is 3.11. The monoisotopic (exact) mass is 256 g/mol. The van der Waals surface area contributed by atoms with Crippen molar-refractivity contribution < 1.29 is 9.53 Å². The van der Waals surface area contributed by atoms with Gasteiger partial charge in [-0.1, -0.05) is 24.3 Å². The summed E-state index contributed by atoms with van der Waals surface area (Å²) in [5, 5.41) is 0. The van der Waals surface area contributed by atoms with Crippen LogP contribution in [0.4, 0.5) is 0 Å². The van der Waals surface area contributed by atoms with Crippen molar-refractivity contribution >= 4 is 5.78 Å². The molecule has 1 aliphatic rings. The second-order valence-electron chi connectivity index (χ2n) is 4.98. The summed E-state index contributed by atoms with van der Waals surface area (Å²) >= 11 is 0. The molecule has 0 heterocycles. The van der Waals surface area contributed by atoms with Gasteiger partial charge in [0.25, 0.3) is 0 Å². The summed E-state index contributed by atoms with van der Waals surface area (Å²) in [5.41, 5.74) is 1.75. The molecule has 2 heteroatoms. The molecule has 100 valence electrons. The van der Waals surface area contributed by atoms with Crippen molar-refractivity contribution in [3.05, 3.63) is 54.6 Å². The molecular weight excluding hydrogens is 236 g/mol. The Morgan fingerprint density at radius 1 is 1.26 bits per heavy atom. The van der Waals surface area contributed by atoms with Crippen LogP contribution in [0.2, 0.25) is 0 Å². The highest BCUT2D eigenvalue weighted by Gasteiger charge is 2.42. The Labute approximate surface area is 114 Å². The van der Waals surface area contributed by atoms with Crippen molar-refractivity contribution in [1.29, 1.82) is 0 Å². The first kappa shape index (κ1) is 13.6. The molecule has 0 fully saturated rings. The predicted octanol–water partition coefficient (Wildman–Crippen LogP) is 3.60. The summed E-state index contributed by atoms with van der Waals surface area (Å²) in [6.45, 7) is 7.63. The van der Waals surface area contributed by atoms with E-state index in [0.29, 0.717) is 19.3 Å². The van der Waals surface area contributed by atoms with Crippen molar-refractivity contribution in [2.75, 3.05) is 7.11 Å². The lowest BCUT2D eigenvalue weighted by molar-refractivity contribution is -0.125. The van der Waals surface area contributed by atoms with Crippen molar-refractivity contribution in [2.24, 2.45) is 0 Å². The highest BCUT2D eigenvalue weighted by molar-refractivity contribution is 5.93. The molecule has 0 bridgehead atoms. The Morgan fingerprint density at radius 2 is 1.95 bits per heavy atom. The molecule has 0 aliphatic heterocycles. The summed E-state index contributed by atoms with van der Waals surface area (Å²) in [7, 11) is 1.68. The molecule has 0 N–H and O–H groups in total. The van der Waals surface area contributed by atoms with E-state index in [1.807, 2.05) is 30.4 Å². The molecule has 0 atom stereocenters. The van der Waals surface area contributed by atoms with Gasteiger partial charge in [-0.15, -0.1) is 13.2 Å². The maximum Gasteiger partial charge on any atom is 0.144 e. The summed E-state index contributed by atoms with van der Waals surface area (Å²) in [6, 6.07) is 5.96. The molecule has 0 radical (unpaired) electrons. The van der Waals surface area contributed by atoms with Crippen LogP contribution in [0, 0.1) is 0 Å². The second kappa shape index (κ2) is 5.43. The number of ether oxygens (including phenoxy) is 1. The minimum atomic E-state index is -0.494. The third kappa shape index (κ3) is 2.12. The van der Waals surface area contributed by atoms with Crippen LogP contribution in [0.3, 0.4) is 0 Å². The fourth-order valence-corrected chi connectivity index (χ4v) is 3.11. The SMILES string of the molecule is C=CCC1(CC=C)C(=O)CCc2c(OC)cccc21. The molecule has 0 saturated heterocycles. The zero-order valence-electron chi connectivity index (χ0n) is 11.4. The van der Waals surface area contributed by atoms with E-state index in [2.05, 4.69) is 13.2 Å². The van der Waals surface area contributed by atoms with Gasteiger partial charge in [-0.3, -0.25) is 4.79 Å². The number of carbonyl (C=O) groups excluding carboxylic acids is 1. The first-order valence-electron chi connectivity index (χ1n) is 6.61. The van der Waals surface area contributed by atoms with E-state index in [4.69, 9.17) is 4.74 Å². The van der Waals surface area contributed by atoms with E-state index >= 15 is 0 Å². The first-order chi connectivity index (χ1) is 9.19. The van der Waals surface area contributed by atoms with Crippen LogP contribution in [-0.2, 0) is 16.6 Å². The largest absolute Gasteiger partial charge is 0.496 e. The van der Waals surface area contributed by atoms with E-state index < -0.39 is 5.41 Å². The molecule has 1 aliphatic carbocycles. The summed E-state index contributed by atoms with van der Waals surface area (Å²) in [5.74, 6) is 1.16. The summed E-state index contributed by atoms with van der Waals surface area (Å²) in [4.78, 5) is 12.5. The predicted molar refractivity (Wildman–Crippen MR) is 77.6 cm³/mol. The van der Waals surface area contributed by atoms with Gasteiger partial charge in [0.2, 0.25) is 0 Å². The molecule has 0 aromatic heterocycles. The van der Waals surface area contributed by atoms with Crippen LogP contribution in [-0.4, -0.2) is 12.9 Å². The lowest BCUT2D eigenvalue weighted by Crippen LogP contribution is -2.39. The Morgan fingerprint density at radius 3 is 2.53 bits per heavy atom. The van der Waals surface area contributed by atoms with Crippen molar-refractivity contribution in [1.82, 2.24) is 0 Å². The van der Waals surface area contributed by atoms with Crippen LogP contribution in [0.1, 0.15) is 30.4 Å². The fraction of sp³-hybridized carbons (Fsp3) is 0.353. The average Bonchev–Trinajstić information content (AvgIpc) is 2.43. The maximum atomic E-state index is 12.5. The zero-order valence-corrected chi connectivity index (χ0v) is 11.4. The van der Waals surface area contributed by atoms with Gasteiger partial charge in [0.05, 0.1) is 12.5 Å². The highest BCUT2D eigenvalue weighted by atomic mass is 16.5. The number of hydrogen-bond acceptors (Lipinski definition) is 2. The van der Waals surface area contributed by atoms with E-state index in [1.54, 1.807) is 7.11 Å². The van der Waals surface area contributed by atoms with Gasteiger partial charge < -0.3 is 4.74 Å². The molecule has 0 amide bonds. The Kier molecular flexibility index (Phi) is 3.89. The smallest absolute Gasteiger partial charge is 0.144 e. The number of carbonyl (C=O) groups is 1. The minimum absolute atomic E-state index is 0.285. The summed E-state index contributed by atoms with van der Waals surface area (Å²) < 4.78 is 5.43. The van der Waals surface area contributed by atoms with Gasteiger partial charge in [0.1, 0.15) is 11.5 Å². The van der Waals surface area contributed by atoms with E-state index in [-0.39, 0.29) is 5.78 Å². The number of rotatable bonds is 5. The molecule has 0 saturated carbocycles. The standard InChI is InChI=1S/C17H20O2/c1-4-11-17(12-5-2)14-7-6-8-15(19-3)13(14)9-10-16(17)18/h4-8H,1-2,9-12H2,3H3. The number of allylic oxidation sites excluding steroid dienone is 2. The molecule has 2 rings (SSSR count). The molecule has 19 heavy (non-hydrogen) atoms. The molecule has 0 spiro atoms. The third-order valence-electron chi connectivity index (χ3n) is 3.99. The Hall–Kier alpha value is -1.83. The first-order valence-corrected chi connectivity index (χ1v) is 6.61. The van der Waals surface area contributed by atoms with Crippen molar-refractivity contribution in [3.63, 3.8) is 0 Å². The van der Waals surface area contributed by atoms with Crippen molar-refractivity contribution in [2.45, 2.75) is 31.1 Å². The number of benzene rings is 1. The topological polar surface area (TPSA) is 26.3 Å². The van der Waals surface area contributed by atoms with E-state index in [9.17, 15) is 4.79 Å². The highest BCUT2D eigenvalue weighted by Crippen LogP contribution is 2.43. The van der Waals surface area contributed by atoms with Crippen LogP contribution in [0.5, 0.6) is 5.75 Å². The molecule has 1 aromatic carbocycles. The summed E-state index contributed by atoms with van der Waals surface area (Å²) in [6.07, 6.45) is 6.28. The number of fused-ring (bicyclic) bond motifs is 1. The zero-order chi connectivity index (χ0) is 13.9. The quantitative estimate of drug-likeness (QED) is 0.752. The van der Waals surface area contributed by atoms with Crippen LogP contribution < -0.4 is 4.74 Å². The molecule has 0 unspecified atom stereocenters. The third-order valence-corrected chi connectivity index (χ3v) is 3.99. The minimum Gasteiger partial charge on any atom is -0.496 e. The van der Waals surface area contributed by atoms with Crippen LogP contribution in [0.15, 0.2) is 43.5 Å². The van der Waals surface area contributed by atoms with Gasteiger partial charge in [0.15, 0.2) is 0 Å².